The molecule has 0 aliphatic heterocycles. The molecule has 1 atom stereocenters. The number of nitro benzene ring substituents is 1. The molecule has 0 spiro atoms. The molecule has 0 aliphatic carbocycles. The zero-order valence-electron chi connectivity index (χ0n) is 9.32. The van der Waals surface area contributed by atoms with Crippen LogP contribution in [0.25, 0.3) is 0 Å². The maximum Gasteiger partial charge on any atom is 0.269 e. The number of hydrogen-bond donors (Lipinski definition) is 1. The lowest BCUT2D eigenvalue weighted by molar-refractivity contribution is -0.384. The highest BCUT2D eigenvalue weighted by molar-refractivity contribution is 8.23. The summed E-state index contributed by atoms with van der Waals surface area (Å²) >= 11 is 6.00. The number of thioether (sulfide) groups is 1. The maximum atomic E-state index is 10.5. The molecular weight excluding hydrogens is 274 g/mol. The molecule has 1 aromatic carbocycles. The van der Waals surface area contributed by atoms with Crippen molar-refractivity contribution in [2.75, 3.05) is 0 Å². The van der Waals surface area contributed by atoms with Crippen LogP contribution in [0.2, 0.25) is 0 Å². The minimum Gasteiger partial charge on any atom is -0.480 e. The first-order valence-electron chi connectivity index (χ1n) is 4.77. The number of ether oxygens (including phenoxy) is 1. The average molecular weight is 283 g/mol. The first kappa shape index (κ1) is 14.3. The maximum absolute atomic E-state index is 10.5. The van der Waals surface area contributed by atoms with Gasteiger partial charge >= 0.3 is 0 Å². The number of nitro groups is 1. The lowest BCUT2D eigenvalue weighted by Gasteiger charge is -2.12. The Morgan fingerprint density at radius 1 is 1.61 bits per heavy atom. The van der Waals surface area contributed by atoms with Gasteiger partial charge in [-0.3, -0.25) is 10.1 Å². The minimum absolute atomic E-state index is 0.00610. The summed E-state index contributed by atoms with van der Waals surface area (Å²) in [5.74, 6) is 0.502. The molecule has 8 heteroatoms. The van der Waals surface area contributed by atoms with Gasteiger partial charge in [0, 0.05) is 12.1 Å². The van der Waals surface area contributed by atoms with E-state index in [1.165, 1.54) is 24.3 Å². The van der Waals surface area contributed by atoms with Crippen LogP contribution in [0.5, 0.6) is 5.75 Å². The molecule has 0 fully saturated rings. The molecule has 1 unspecified atom stereocenters. The summed E-state index contributed by atoms with van der Waals surface area (Å²) < 4.78 is 5.72. The highest BCUT2D eigenvalue weighted by Gasteiger charge is 2.09. The van der Waals surface area contributed by atoms with Gasteiger partial charge in [0.2, 0.25) is 0 Å². The van der Waals surface area contributed by atoms with E-state index in [0.717, 1.165) is 11.8 Å². The molecule has 1 N–H and O–H groups in total. The van der Waals surface area contributed by atoms with Crippen molar-refractivity contribution in [3.63, 3.8) is 0 Å². The minimum atomic E-state index is -0.476. The molecule has 18 heavy (non-hydrogen) atoms. The van der Waals surface area contributed by atoms with Gasteiger partial charge in [-0.15, -0.1) is 0 Å². The summed E-state index contributed by atoms with van der Waals surface area (Å²) in [5, 5.41) is 17.1. The first-order chi connectivity index (χ1) is 8.52. The second-order valence-corrected chi connectivity index (χ2v) is 4.98. The number of rotatable bonds is 4. The first-order valence-corrected chi connectivity index (χ1v) is 6.06. The molecule has 6 nitrogen and oxygen atoms in total. The van der Waals surface area contributed by atoms with Crippen LogP contribution in [-0.2, 0) is 0 Å². The Kier molecular flexibility index (Phi) is 5.44. The summed E-state index contributed by atoms with van der Waals surface area (Å²) in [6.45, 7) is 1.76. The van der Waals surface area contributed by atoms with E-state index in [9.17, 15) is 10.1 Å². The highest BCUT2D eigenvalue weighted by atomic mass is 32.2. The fraction of sp³-hybridized carbons (Fsp3) is 0.200. The zero-order valence-corrected chi connectivity index (χ0v) is 11.0. The Balaban J connectivity index is 2.59. The van der Waals surface area contributed by atoms with Crippen LogP contribution in [0.3, 0.4) is 0 Å². The van der Waals surface area contributed by atoms with Gasteiger partial charge in [0.25, 0.3) is 5.69 Å². The van der Waals surface area contributed by atoms with Crippen LogP contribution in [-0.4, -0.2) is 20.7 Å². The van der Waals surface area contributed by atoms with Crippen LogP contribution in [0, 0.1) is 15.5 Å². The largest absolute Gasteiger partial charge is 0.480 e. The predicted molar refractivity (Wildman–Crippen MR) is 73.5 cm³/mol. The van der Waals surface area contributed by atoms with E-state index in [4.69, 9.17) is 22.4 Å². The van der Waals surface area contributed by atoms with Gasteiger partial charge in [-0.1, -0.05) is 0 Å². The number of nitrogens with one attached hydrogen (secondary N) is 1. The summed E-state index contributed by atoms with van der Waals surface area (Å²) in [7, 11) is 0. The Morgan fingerprint density at radius 2 is 2.22 bits per heavy atom. The van der Waals surface area contributed by atoms with E-state index in [1.807, 2.05) is 6.01 Å². The van der Waals surface area contributed by atoms with Gasteiger partial charge in [0.1, 0.15) is 11.2 Å². The average Bonchev–Trinajstić information content (AvgIpc) is 2.29. The monoisotopic (exact) mass is 283 g/mol. The molecule has 0 saturated carbocycles. The Morgan fingerprint density at radius 3 is 2.72 bits per heavy atom. The summed E-state index contributed by atoms with van der Waals surface area (Å²) in [6, 6.07) is 7.59. The summed E-state index contributed by atoms with van der Waals surface area (Å²) in [4.78, 5) is 13.5. The topological polar surface area (TPSA) is 88.6 Å². The molecule has 0 saturated heterocycles. The number of non-ortho nitro benzene ring substituents is 1. The molecule has 0 amide bonds. The third-order valence-corrected chi connectivity index (χ3v) is 2.86. The number of hydrogen-bond acceptors (Lipinski definition) is 6. The third kappa shape index (κ3) is 4.62. The molecule has 0 radical (unpaired) electrons. The number of aliphatic imine (C=N–C) groups is 1. The molecular formula is C10H9N3O3S2. The van der Waals surface area contributed by atoms with Crippen LogP contribution < -0.4 is 4.74 Å². The van der Waals surface area contributed by atoms with Crippen molar-refractivity contribution in [3.8, 4) is 5.75 Å². The van der Waals surface area contributed by atoms with Gasteiger partial charge < -0.3 is 4.74 Å². The normalized spacial score (nSPS) is 11.2. The summed E-state index contributed by atoms with van der Waals surface area (Å²) in [5.41, 5.74) is -0.303. The standard InChI is InChI=1S/C10H9N3O3S2/c1-7(18-10(17)12-6-11)16-9-4-2-8(3-5-9)13(14)15/h2-5,7,11H,1H3. The molecule has 0 bridgehead atoms. The van der Waals surface area contributed by atoms with Crippen molar-refractivity contribution < 1.29 is 9.66 Å². The predicted octanol–water partition coefficient (Wildman–Crippen LogP) is 3.09. The van der Waals surface area contributed by atoms with Gasteiger partial charge in [0.15, 0.2) is 4.32 Å². The van der Waals surface area contributed by atoms with Crippen LogP contribution in [0.1, 0.15) is 6.92 Å². The fourth-order valence-electron chi connectivity index (χ4n) is 1.08. The van der Waals surface area contributed by atoms with E-state index in [0.29, 0.717) is 5.75 Å². The lowest BCUT2D eigenvalue weighted by Crippen LogP contribution is -2.08. The lowest BCUT2D eigenvalue weighted by atomic mass is 10.3. The van der Waals surface area contributed by atoms with E-state index in [1.54, 1.807) is 6.92 Å². The van der Waals surface area contributed by atoms with Crippen molar-refractivity contribution in [1.29, 1.82) is 5.41 Å². The zero-order chi connectivity index (χ0) is 13.5. The van der Waals surface area contributed by atoms with Crippen molar-refractivity contribution in [3.05, 3.63) is 34.4 Å². The van der Waals surface area contributed by atoms with Gasteiger partial charge in [-0.2, -0.15) is 4.99 Å². The Hall–Kier alpha value is -1.76. The second-order valence-electron chi connectivity index (χ2n) is 3.04. The van der Waals surface area contributed by atoms with Crippen molar-refractivity contribution in [2.24, 2.45) is 4.99 Å². The second kappa shape index (κ2) is 6.85. The molecule has 94 valence electrons. The number of benzene rings is 1. The van der Waals surface area contributed by atoms with E-state index in [-0.39, 0.29) is 15.4 Å². The molecule has 0 aliphatic rings. The quantitative estimate of drug-likeness (QED) is 0.301. The van der Waals surface area contributed by atoms with Gasteiger partial charge in [0.05, 0.1) is 10.9 Å². The Bertz CT molecular complexity index is 498. The SMILES string of the molecule is CC(Oc1ccc([N+](=O)[O-])cc1)SC(=S)N=C=N. The molecule has 1 aromatic rings. The number of nitrogens with zero attached hydrogens (tertiary/aromatic N) is 2. The Labute approximate surface area is 113 Å². The van der Waals surface area contributed by atoms with Crippen molar-refractivity contribution in [2.45, 2.75) is 12.4 Å². The highest BCUT2D eigenvalue weighted by Crippen LogP contribution is 2.22. The van der Waals surface area contributed by atoms with E-state index in [2.05, 4.69) is 4.99 Å². The van der Waals surface area contributed by atoms with Gasteiger partial charge in [-0.05, 0) is 43.0 Å². The van der Waals surface area contributed by atoms with Crippen LogP contribution in [0.4, 0.5) is 5.69 Å². The van der Waals surface area contributed by atoms with Crippen molar-refractivity contribution in [1.82, 2.24) is 0 Å². The molecule has 0 aromatic heterocycles. The van der Waals surface area contributed by atoms with Gasteiger partial charge in [-0.25, -0.2) is 5.41 Å². The fourth-order valence-corrected chi connectivity index (χ4v) is 2.07. The van der Waals surface area contributed by atoms with E-state index < -0.39 is 4.92 Å². The third-order valence-electron chi connectivity index (χ3n) is 1.76. The molecule has 1 rings (SSSR count). The smallest absolute Gasteiger partial charge is 0.269 e. The molecule has 0 heterocycles. The number of thiocarbonyl (C=S) groups is 1. The van der Waals surface area contributed by atoms with E-state index >= 15 is 0 Å². The van der Waals surface area contributed by atoms with Crippen LogP contribution in [0.15, 0.2) is 29.3 Å². The summed E-state index contributed by atoms with van der Waals surface area (Å²) in [6.07, 6.45) is 0. The van der Waals surface area contributed by atoms with Crippen molar-refractivity contribution >= 4 is 40.0 Å². The van der Waals surface area contributed by atoms with Crippen LogP contribution >= 0.6 is 24.0 Å².